The van der Waals surface area contributed by atoms with Crippen molar-refractivity contribution in [3.05, 3.63) is 35.9 Å². The molecular formula is C15H24N2O. The second-order valence-electron chi connectivity index (χ2n) is 4.67. The zero-order valence-corrected chi connectivity index (χ0v) is 11.4. The van der Waals surface area contributed by atoms with Crippen molar-refractivity contribution in [1.82, 2.24) is 5.32 Å². The highest BCUT2D eigenvalue weighted by molar-refractivity contribution is 5.76. The van der Waals surface area contributed by atoms with E-state index in [0.29, 0.717) is 19.5 Å². The normalized spacial score (nSPS) is 11.3. The van der Waals surface area contributed by atoms with Crippen molar-refractivity contribution in [1.29, 1.82) is 0 Å². The molecule has 0 aliphatic rings. The van der Waals surface area contributed by atoms with Crippen LogP contribution in [0.4, 0.5) is 0 Å². The number of nitrogens with two attached hydrogens (primary N) is 1. The summed E-state index contributed by atoms with van der Waals surface area (Å²) in [5.41, 5.74) is 6.71. The van der Waals surface area contributed by atoms with E-state index in [4.69, 9.17) is 5.73 Å². The van der Waals surface area contributed by atoms with Gasteiger partial charge in [-0.25, -0.2) is 0 Å². The Kier molecular flexibility index (Phi) is 5.86. The Labute approximate surface area is 110 Å². The minimum Gasteiger partial charge on any atom is -0.355 e. The summed E-state index contributed by atoms with van der Waals surface area (Å²) < 4.78 is 0. The van der Waals surface area contributed by atoms with Crippen LogP contribution in [0.1, 0.15) is 38.7 Å². The monoisotopic (exact) mass is 248 g/mol. The third kappa shape index (κ3) is 3.57. The molecule has 0 unspecified atom stereocenters. The van der Waals surface area contributed by atoms with Gasteiger partial charge in [-0.15, -0.1) is 0 Å². The lowest BCUT2D eigenvalue weighted by molar-refractivity contribution is -0.121. The van der Waals surface area contributed by atoms with Crippen molar-refractivity contribution in [2.24, 2.45) is 5.73 Å². The summed E-state index contributed by atoms with van der Waals surface area (Å²) in [6.07, 6.45) is 2.42. The molecule has 0 radical (unpaired) electrons. The quantitative estimate of drug-likeness (QED) is 0.777. The second kappa shape index (κ2) is 7.17. The first-order valence-electron chi connectivity index (χ1n) is 6.71. The molecule has 1 amide bonds. The molecule has 1 rings (SSSR count). The Morgan fingerprint density at radius 1 is 1.22 bits per heavy atom. The zero-order valence-electron chi connectivity index (χ0n) is 11.4. The summed E-state index contributed by atoms with van der Waals surface area (Å²) >= 11 is 0. The van der Waals surface area contributed by atoms with Crippen LogP contribution in [0.25, 0.3) is 0 Å². The number of benzene rings is 1. The molecule has 0 atom stereocenters. The number of rotatable bonds is 7. The minimum atomic E-state index is 0.0333. The van der Waals surface area contributed by atoms with E-state index in [1.54, 1.807) is 0 Å². The molecule has 0 fully saturated rings. The molecule has 3 nitrogen and oxygen atoms in total. The molecule has 3 heteroatoms. The smallest absolute Gasteiger partial charge is 0.221 e. The van der Waals surface area contributed by atoms with Gasteiger partial charge in [-0.05, 0) is 18.4 Å². The van der Waals surface area contributed by atoms with Crippen molar-refractivity contribution >= 4 is 5.91 Å². The minimum absolute atomic E-state index is 0.0333. The maximum absolute atomic E-state index is 11.6. The molecule has 100 valence electrons. The van der Waals surface area contributed by atoms with E-state index in [9.17, 15) is 4.79 Å². The summed E-state index contributed by atoms with van der Waals surface area (Å²) in [4.78, 5) is 11.6. The van der Waals surface area contributed by atoms with Gasteiger partial charge in [0.1, 0.15) is 0 Å². The molecule has 0 saturated carbocycles. The van der Waals surface area contributed by atoms with Crippen LogP contribution < -0.4 is 11.1 Å². The Balaban J connectivity index is 2.78. The predicted molar refractivity (Wildman–Crippen MR) is 75.4 cm³/mol. The molecule has 1 aromatic rings. The van der Waals surface area contributed by atoms with E-state index in [1.165, 1.54) is 5.56 Å². The summed E-state index contributed by atoms with van der Waals surface area (Å²) in [7, 11) is 0. The van der Waals surface area contributed by atoms with Gasteiger partial charge in [0.2, 0.25) is 5.91 Å². The van der Waals surface area contributed by atoms with Crippen molar-refractivity contribution in [3.8, 4) is 0 Å². The molecule has 1 aromatic carbocycles. The molecule has 3 N–H and O–H groups in total. The summed E-state index contributed by atoms with van der Waals surface area (Å²) in [6, 6.07) is 10.4. The number of carbonyl (C=O) groups is 1. The van der Waals surface area contributed by atoms with Crippen LogP contribution in [0.5, 0.6) is 0 Å². The van der Waals surface area contributed by atoms with Crippen molar-refractivity contribution in [2.45, 2.75) is 38.5 Å². The van der Waals surface area contributed by atoms with Crippen LogP contribution in [0.15, 0.2) is 30.3 Å². The van der Waals surface area contributed by atoms with Gasteiger partial charge < -0.3 is 11.1 Å². The molecular weight excluding hydrogens is 224 g/mol. The lowest BCUT2D eigenvalue weighted by Crippen LogP contribution is -2.40. The molecule has 0 aliphatic heterocycles. The van der Waals surface area contributed by atoms with Crippen molar-refractivity contribution < 1.29 is 4.79 Å². The number of amides is 1. The number of hydrogen-bond acceptors (Lipinski definition) is 2. The molecule has 0 heterocycles. The van der Waals surface area contributed by atoms with Gasteiger partial charge in [-0.3, -0.25) is 4.79 Å². The highest BCUT2D eigenvalue weighted by atomic mass is 16.1. The number of carbonyl (C=O) groups excluding carboxylic acids is 1. The molecule has 18 heavy (non-hydrogen) atoms. The third-order valence-electron chi connectivity index (χ3n) is 3.74. The summed E-state index contributed by atoms with van der Waals surface area (Å²) in [6.45, 7) is 5.43. The topological polar surface area (TPSA) is 55.1 Å². The summed E-state index contributed by atoms with van der Waals surface area (Å²) in [5.74, 6) is 0.0414. The van der Waals surface area contributed by atoms with Crippen LogP contribution >= 0.6 is 0 Å². The molecule has 0 bridgehead atoms. The Bertz CT molecular complexity index is 358. The van der Waals surface area contributed by atoms with Gasteiger partial charge in [0, 0.05) is 24.9 Å². The molecule has 0 saturated heterocycles. The maximum atomic E-state index is 11.6. The Hall–Kier alpha value is -1.35. The fraction of sp³-hybridized carbons (Fsp3) is 0.533. The van der Waals surface area contributed by atoms with Gasteiger partial charge in [0.25, 0.3) is 0 Å². The van der Waals surface area contributed by atoms with E-state index in [1.807, 2.05) is 6.07 Å². The van der Waals surface area contributed by atoms with Crippen molar-refractivity contribution in [2.75, 3.05) is 13.1 Å². The largest absolute Gasteiger partial charge is 0.355 e. The maximum Gasteiger partial charge on any atom is 0.221 e. The van der Waals surface area contributed by atoms with Gasteiger partial charge in [-0.1, -0.05) is 44.2 Å². The highest BCUT2D eigenvalue weighted by Gasteiger charge is 2.28. The second-order valence-corrected chi connectivity index (χ2v) is 4.67. The lowest BCUT2D eigenvalue weighted by Gasteiger charge is -2.32. The van der Waals surface area contributed by atoms with E-state index in [2.05, 4.69) is 43.4 Å². The van der Waals surface area contributed by atoms with Gasteiger partial charge in [0.15, 0.2) is 0 Å². The van der Waals surface area contributed by atoms with E-state index >= 15 is 0 Å². The number of hydrogen-bond donors (Lipinski definition) is 2. The SMILES string of the molecule is CCC(CC)(CNC(=O)CCN)c1ccccc1. The third-order valence-corrected chi connectivity index (χ3v) is 3.74. The van der Waals surface area contributed by atoms with E-state index in [0.717, 1.165) is 12.8 Å². The first-order valence-corrected chi connectivity index (χ1v) is 6.71. The lowest BCUT2D eigenvalue weighted by atomic mass is 9.76. The predicted octanol–water partition coefficient (Wildman–Crippen LogP) is 2.21. The highest BCUT2D eigenvalue weighted by Crippen LogP contribution is 2.30. The fourth-order valence-corrected chi connectivity index (χ4v) is 2.29. The first-order chi connectivity index (χ1) is 8.68. The van der Waals surface area contributed by atoms with Gasteiger partial charge in [-0.2, -0.15) is 0 Å². The van der Waals surface area contributed by atoms with Crippen LogP contribution in [-0.2, 0) is 10.2 Å². The Morgan fingerprint density at radius 3 is 2.33 bits per heavy atom. The zero-order chi connectivity index (χ0) is 13.4. The summed E-state index contributed by atoms with van der Waals surface area (Å²) in [5, 5.41) is 3.01. The van der Waals surface area contributed by atoms with Gasteiger partial charge >= 0.3 is 0 Å². The molecule has 0 aliphatic carbocycles. The van der Waals surface area contributed by atoms with Crippen LogP contribution in [-0.4, -0.2) is 19.0 Å². The average Bonchev–Trinajstić information content (AvgIpc) is 2.42. The van der Waals surface area contributed by atoms with E-state index < -0.39 is 0 Å². The van der Waals surface area contributed by atoms with Crippen LogP contribution in [0.3, 0.4) is 0 Å². The van der Waals surface area contributed by atoms with Crippen LogP contribution in [0, 0.1) is 0 Å². The number of nitrogens with one attached hydrogen (secondary N) is 1. The van der Waals surface area contributed by atoms with E-state index in [-0.39, 0.29) is 11.3 Å². The van der Waals surface area contributed by atoms with Crippen LogP contribution in [0.2, 0.25) is 0 Å². The molecule has 0 aromatic heterocycles. The average molecular weight is 248 g/mol. The fourth-order valence-electron chi connectivity index (χ4n) is 2.29. The van der Waals surface area contributed by atoms with Crippen molar-refractivity contribution in [3.63, 3.8) is 0 Å². The molecule has 0 spiro atoms. The standard InChI is InChI=1S/C15H24N2O/c1-3-15(4-2,12-17-14(18)10-11-16)13-8-6-5-7-9-13/h5-9H,3-4,10-12,16H2,1-2H3,(H,17,18). The van der Waals surface area contributed by atoms with Gasteiger partial charge in [0.05, 0.1) is 0 Å². The Morgan fingerprint density at radius 2 is 1.83 bits per heavy atom. The first kappa shape index (κ1) is 14.7.